The predicted molar refractivity (Wildman–Crippen MR) is 76.1 cm³/mol. The lowest BCUT2D eigenvalue weighted by Gasteiger charge is -2.19. The molecule has 1 aromatic rings. The molecule has 116 valence electrons. The van der Waals surface area contributed by atoms with Gasteiger partial charge in [0.2, 0.25) is 0 Å². The van der Waals surface area contributed by atoms with Crippen LogP contribution in [0, 0.1) is 10.1 Å². The molecule has 2 rings (SSSR count). The highest BCUT2D eigenvalue weighted by Gasteiger charge is 2.34. The molecule has 9 heteroatoms. The number of aryl methyl sites for hydroxylation is 1. The van der Waals surface area contributed by atoms with Crippen molar-refractivity contribution in [3.8, 4) is 0 Å². The Kier molecular flexibility index (Phi) is 4.94. The lowest BCUT2D eigenvalue weighted by molar-refractivity contribution is -0.386. The fourth-order valence-corrected chi connectivity index (χ4v) is 2.91. The first-order valence-corrected chi connectivity index (χ1v) is 7.41. The van der Waals surface area contributed by atoms with E-state index in [1.54, 1.807) is 7.05 Å². The molecule has 0 aromatic carbocycles. The van der Waals surface area contributed by atoms with Crippen LogP contribution in [0.3, 0.4) is 0 Å². The second-order valence-corrected chi connectivity index (χ2v) is 6.04. The van der Waals surface area contributed by atoms with Gasteiger partial charge in [-0.3, -0.25) is 19.6 Å². The van der Waals surface area contributed by atoms with Gasteiger partial charge in [-0.25, -0.2) is 0 Å². The third-order valence-corrected chi connectivity index (χ3v) is 4.40. The van der Waals surface area contributed by atoms with E-state index in [0.717, 1.165) is 0 Å². The molecule has 2 heterocycles. The van der Waals surface area contributed by atoms with Crippen LogP contribution in [0.15, 0.2) is 6.20 Å². The molecular weight excluding hydrogens is 346 g/mol. The van der Waals surface area contributed by atoms with E-state index in [0.29, 0.717) is 18.5 Å². The van der Waals surface area contributed by atoms with Crippen molar-refractivity contribution in [2.24, 2.45) is 7.05 Å². The smallest absolute Gasteiger partial charge is 0.312 e. The first-order valence-electron chi connectivity index (χ1n) is 6.49. The number of nitrogens with zero attached hydrogens (tertiary/aromatic N) is 3. The number of hydrogen-bond donors (Lipinski definition) is 0. The number of halogens is 1. The number of rotatable bonds is 3. The maximum absolute atomic E-state index is 11.1. The fourth-order valence-electron chi connectivity index (χ4n) is 2.38. The summed E-state index contributed by atoms with van der Waals surface area (Å²) in [5.74, 6) is -0.377. The summed E-state index contributed by atoms with van der Waals surface area (Å²) in [6.07, 6.45) is 1.62. The van der Waals surface area contributed by atoms with E-state index < -0.39 is 17.1 Å². The average molecular weight is 362 g/mol. The SMILES string of the molecule is CC(=O)O[C@@H]1CO[C@H](c2c([N+](=O)[O-])cnn2C)CC[C@@H]1Br. The number of carbonyl (C=O) groups excluding carboxylic acids is 1. The Hall–Kier alpha value is -1.48. The van der Waals surface area contributed by atoms with Gasteiger partial charge in [0.15, 0.2) is 0 Å². The number of ether oxygens (including phenoxy) is 2. The van der Waals surface area contributed by atoms with Gasteiger partial charge in [0.05, 0.1) is 16.4 Å². The van der Waals surface area contributed by atoms with Gasteiger partial charge in [-0.05, 0) is 12.8 Å². The fraction of sp³-hybridized carbons (Fsp3) is 0.667. The Morgan fingerprint density at radius 2 is 2.33 bits per heavy atom. The van der Waals surface area contributed by atoms with Crippen LogP contribution in [0.25, 0.3) is 0 Å². The van der Waals surface area contributed by atoms with Crippen molar-refractivity contribution >= 4 is 27.6 Å². The van der Waals surface area contributed by atoms with E-state index >= 15 is 0 Å². The molecule has 0 saturated carbocycles. The number of hydrogen-bond acceptors (Lipinski definition) is 6. The van der Waals surface area contributed by atoms with Gasteiger partial charge in [0, 0.05) is 14.0 Å². The number of alkyl halides is 1. The van der Waals surface area contributed by atoms with E-state index in [-0.39, 0.29) is 23.1 Å². The zero-order valence-electron chi connectivity index (χ0n) is 11.7. The van der Waals surface area contributed by atoms with Crippen molar-refractivity contribution < 1.29 is 19.2 Å². The minimum atomic E-state index is -0.467. The van der Waals surface area contributed by atoms with Crippen LogP contribution in [-0.4, -0.2) is 38.2 Å². The molecule has 0 amide bonds. The standard InChI is InChI=1S/C12H16BrN3O5/c1-7(17)21-11-6-20-10(4-3-8(11)13)12-9(16(18)19)5-14-15(12)2/h5,8,10-11H,3-4,6H2,1-2H3/t8-,10-,11+/m0/s1. The zero-order valence-corrected chi connectivity index (χ0v) is 13.3. The molecule has 0 radical (unpaired) electrons. The number of esters is 1. The first kappa shape index (κ1) is 15.9. The summed E-state index contributed by atoms with van der Waals surface area (Å²) >= 11 is 3.48. The summed E-state index contributed by atoms with van der Waals surface area (Å²) in [4.78, 5) is 21.6. The molecule has 3 atom stereocenters. The van der Waals surface area contributed by atoms with Crippen molar-refractivity contribution in [3.63, 3.8) is 0 Å². The van der Waals surface area contributed by atoms with Crippen LogP contribution < -0.4 is 0 Å². The maximum atomic E-state index is 11.1. The Morgan fingerprint density at radius 1 is 1.62 bits per heavy atom. The largest absolute Gasteiger partial charge is 0.459 e. The predicted octanol–water partition coefficient (Wildman–Crippen LogP) is 1.87. The van der Waals surface area contributed by atoms with E-state index in [4.69, 9.17) is 9.47 Å². The molecule has 0 spiro atoms. The van der Waals surface area contributed by atoms with Crippen LogP contribution in [0.5, 0.6) is 0 Å². The summed E-state index contributed by atoms with van der Waals surface area (Å²) in [7, 11) is 1.64. The Labute approximate surface area is 129 Å². The van der Waals surface area contributed by atoms with Crippen molar-refractivity contribution in [1.29, 1.82) is 0 Å². The topological polar surface area (TPSA) is 96.5 Å². The molecule has 8 nitrogen and oxygen atoms in total. The van der Waals surface area contributed by atoms with E-state index in [9.17, 15) is 14.9 Å². The van der Waals surface area contributed by atoms with E-state index in [1.165, 1.54) is 17.8 Å². The maximum Gasteiger partial charge on any atom is 0.312 e. The summed E-state index contributed by atoms with van der Waals surface area (Å²) < 4.78 is 12.4. The molecule has 21 heavy (non-hydrogen) atoms. The average Bonchev–Trinajstić information content (AvgIpc) is 2.70. The zero-order chi connectivity index (χ0) is 15.6. The summed E-state index contributed by atoms with van der Waals surface area (Å²) in [5.41, 5.74) is 0.378. The molecule has 1 aromatic heterocycles. The minimum absolute atomic E-state index is 0.0429. The van der Waals surface area contributed by atoms with Gasteiger partial charge in [0.1, 0.15) is 24.1 Å². The lowest BCUT2D eigenvalue weighted by Crippen LogP contribution is -2.29. The normalized spacial score (nSPS) is 26.1. The quantitative estimate of drug-likeness (QED) is 0.353. The van der Waals surface area contributed by atoms with Crippen LogP contribution in [0.1, 0.15) is 31.6 Å². The summed E-state index contributed by atoms with van der Waals surface area (Å²) in [6, 6.07) is 0. The highest BCUT2D eigenvalue weighted by molar-refractivity contribution is 9.09. The van der Waals surface area contributed by atoms with E-state index in [2.05, 4.69) is 21.0 Å². The molecular formula is C12H16BrN3O5. The van der Waals surface area contributed by atoms with Crippen molar-refractivity contribution in [2.45, 2.75) is 36.8 Å². The van der Waals surface area contributed by atoms with Gasteiger partial charge in [0.25, 0.3) is 0 Å². The van der Waals surface area contributed by atoms with Gasteiger partial charge in [-0.2, -0.15) is 5.10 Å². The third-order valence-electron chi connectivity index (χ3n) is 3.35. The van der Waals surface area contributed by atoms with Gasteiger partial charge in [-0.1, -0.05) is 15.9 Å². The number of nitro groups is 1. The highest BCUT2D eigenvalue weighted by Crippen LogP contribution is 2.35. The van der Waals surface area contributed by atoms with E-state index in [1.807, 2.05) is 0 Å². The van der Waals surface area contributed by atoms with Crippen LogP contribution in [-0.2, 0) is 21.3 Å². The third kappa shape index (κ3) is 3.59. The lowest BCUT2D eigenvalue weighted by atomic mass is 10.1. The Balaban J connectivity index is 2.18. The highest BCUT2D eigenvalue weighted by atomic mass is 79.9. The van der Waals surface area contributed by atoms with Crippen molar-refractivity contribution in [2.75, 3.05) is 6.61 Å². The van der Waals surface area contributed by atoms with Crippen LogP contribution >= 0.6 is 15.9 Å². The molecule has 1 aliphatic heterocycles. The van der Waals surface area contributed by atoms with Gasteiger partial charge in [-0.15, -0.1) is 0 Å². The van der Waals surface area contributed by atoms with Gasteiger partial charge < -0.3 is 9.47 Å². The number of carbonyl (C=O) groups is 1. The van der Waals surface area contributed by atoms with Gasteiger partial charge >= 0.3 is 11.7 Å². The Morgan fingerprint density at radius 3 is 2.95 bits per heavy atom. The molecule has 0 aliphatic carbocycles. The molecule has 1 aliphatic rings. The van der Waals surface area contributed by atoms with Crippen LogP contribution in [0.2, 0.25) is 0 Å². The van der Waals surface area contributed by atoms with Crippen molar-refractivity contribution in [1.82, 2.24) is 9.78 Å². The molecule has 0 unspecified atom stereocenters. The summed E-state index contributed by atoms with van der Waals surface area (Å²) in [6.45, 7) is 1.52. The summed E-state index contributed by atoms with van der Waals surface area (Å²) in [5, 5.41) is 15.0. The molecule has 0 bridgehead atoms. The molecule has 1 fully saturated rings. The molecule has 1 saturated heterocycles. The van der Waals surface area contributed by atoms with Crippen molar-refractivity contribution in [3.05, 3.63) is 22.0 Å². The monoisotopic (exact) mass is 361 g/mol. The number of aromatic nitrogens is 2. The van der Waals surface area contributed by atoms with Crippen LogP contribution in [0.4, 0.5) is 5.69 Å². The Bertz CT molecular complexity index is 547. The second kappa shape index (κ2) is 6.52. The second-order valence-electron chi connectivity index (χ2n) is 4.86. The first-order chi connectivity index (χ1) is 9.90. The molecule has 0 N–H and O–H groups in total. The minimum Gasteiger partial charge on any atom is -0.459 e.